The molecule has 30 heavy (non-hydrogen) atoms. The van der Waals surface area contributed by atoms with Crippen LogP contribution in [0.4, 0.5) is 0 Å². The summed E-state index contributed by atoms with van der Waals surface area (Å²) in [5, 5.41) is 10.9. The molecule has 0 fully saturated rings. The van der Waals surface area contributed by atoms with E-state index in [2.05, 4.69) is 26.4 Å². The molecular weight excluding hydrogens is 388 g/mol. The van der Waals surface area contributed by atoms with E-state index >= 15 is 0 Å². The predicted octanol–water partition coefficient (Wildman–Crippen LogP) is 0.850. The number of nitrogens with one attached hydrogen (secondary N) is 2. The number of carbonyl (C=O) groups excluding carboxylic acids is 3. The van der Waals surface area contributed by atoms with Gasteiger partial charge in [-0.2, -0.15) is 0 Å². The summed E-state index contributed by atoms with van der Waals surface area (Å²) < 4.78 is 6.56. The van der Waals surface area contributed by atoms with Crippen LogP contribution in [-0.4, -0.2) is 44.1 Å². The van der Waals surface area contributed by atoms with Gasteiger partial charge in [-0.15, -0.1) is 5.10 Å². The van der Waals surface area contributed by atoms with Crippen LogP contribution in [0.3, 0.4) is 0 Å². The molecule has 0 saturated heterocycles. The number of aromatic nitrogens is 4. The van der Waals surface area contributed by atoms with Crippen LogP contribution in [0, 0.1) is 0 Å². The summed E-state index contributed by atoms with van der Waals surface area (Å²) in [5.74, 6) is -1.84. The Morgan fingerprint density at radius 3 is 2.30 bits per heavy atom. The molecule has 1 heterocycles. The van der Waals surface area contributed by atoms with E-state index in [1.54, 1.807) is 30.3 Å². The van der Waals surface area contributed by atoms with E-state index in [0.29, 0.717) is 5.56 Å². The molecule has 0 spiro atoms. The zero-order valence-electron chi connectivity index (χ0n) is 16.1. The highest BCUT2D eigenvalue weighted by Gasteiger charge is 2.28. The number of hydrogen-bond acceptors (Lipinski definition) is 7. The number of hydrogen-bond donors (Lipinski definition) is 2. The maximum atomic E-state index is 12.7. The maximum absolute atomic E-state index is 12.7. The lowest BCUT2D eigenvalue weighted by Crippen LogP contribution is -2.47. The third kappa shape index (κ3) is 5.47. The van der Waals surface area contributed by atoms with Gasteiger partial charge in [0.1, 0.15) is 6.33 Å². The summed E-state index contributed by atoms with van der Waals surface area (Å²) in [6, 6.07) is 16.8. The minimum atomic E-state index is -1.15. The molecule has 3 aromatic rings. The van der Waals surface area contributed by atoms with Gasteiger partial charge in [-0.1, -0.05) is 48.5 Å². The third-order valence-electron chi connectivity index (χ3n) is 4.23. The quantitative estimate of drug-likeness (QED) is 0.438. The average molecular weight is 408 g/mol. The largest absolute Gasteiger partial charge is 0.451 e. The minimum Gasteiger partial charge on any atom is -0.451 e. The van der Waals surface area contributed by atoms with Gasteiger partial charge >= 0.3 is 5.97 Å². The van der Waals surface area contributed by atoms with Gasteiger partial charge < -0.3 is 4.74 Å². The van der Waals surface area contributed by atoms with Crippen LogP contribution < -0.4 is 10.9 Å². The molecule has 2 amide bonds. The molecule has 10 heteroatoms. The van der Waals surface area contributed by atoms with Gasteiger partial charge in [0.05, 0.1) is 0 Å². The van der Waals surface area contributed by atoms with Crippen molar-refractivity contribution < 1.29 is 19.1 Å². The Kier molecular flexibility index (Phi) is 6.83. The summed E-state index contributed by atoms with van der Waals surface area (Å²) in [5.41, 5.74) is 5.78. The molecule has 0 aliphatic heterocycles. The molecular formula is C20H20N6O4. The number of rotatable bonds is 7. The fraction of sp³-hybridized carbons (Fsp3) is 0.200. The lowest BCUT2D eigenvalue weighted by Gasteiger charge is -2.19. The van der Waals surface area contributed by atoms with Crippen LogP contribution in [-0.2, 0) is 20.7 Å². The van der Waals surface area contributed by atoms with E-state index in [4.69, 9.17) is 4.74 Å². The van der Waals surface area contributed by atoms with Crippen molar-refractivity contribution in [1.29, 1.82) is 0 Å². The van der Waals surface area contributed by atoms with Gasteiger partial charge in [0.2, 0.25) is 0 Å². The van der Waals surface area contributed by atoms with E-state index in [0.717, 1.165) is 5.56 Å². The summed E-state index contributed by atoms with van der Waals surface area (Å²) in [6.45, 7) is 1.40. The van der Waals surface area contributed by atoms with E-state index in [9.17, 15) is 14.4 Å². The van der Waals surface area contributed by atoms with Crippen LogP contribution in [0.2, 0.25) is 0 Å². The second-order valence-electron chi connectivity index (χ2n) is 6.38. The molecule has 0 radical (unpaired) electrons. The molecule has 1 aromatic heterocycles. The first-order valence-corrected chi connectivity index (χ1v) is 9.16. The Balaban J connectivity index is 1.59. The van der Waals surface area contributed by atoms with Gasteiger partial charge in [-0.3, -0.25) is 20.4 Å². The Hall–Kier alpha value is -4.08. The Morgan fingerprint density at radius 1 is 1.00 bits per heavy atom. The second kappa shape index (κ2) is 9.92. The van der Waals surface area contributed by atoms with Crippen molar-refractivity contribution in [2.45, 2.75) is 25.5 Å². The highest BCUT2D eigenvalue weighted by atomic mass is 16.5. The van der Waals surface area contributed by atoms with E-state index in [-0.39, 0.29) is 6.42 Å². The molecule has 2 aromatic carbocycles. The zero-order valence-corrected chi connectivity index (χ0v) is 16.1. The van der Waals surface area contributed by atoms with Crippen molar-refractivity contribution in [2.75, 3.05) is 0 Å². The zero-order chi connectivity index (χ0) is 21.3. The number of esters is 1. The minimum absolute atomic E-state index is 0.282. The monoisotopic (exact) mass is 408 g/mol. The average Bonchev–Trinajstić information content (AvgIpc) is 3.31. The van der Waals surface area contributed by atoms with Crippen LogP contribution in [0.15, 0.2) is 67.0 Å². The Bertz CT molecular complexity index is 979. The Labute approximate surface area is 172 Å². The van der Waals surface area contributed by atoms with Crippen LogP contribution in [0.1, 0.15) is 28.9 Å². The van der Waals surface area contributed by atoms with Crippen molar-refractivity contribution in [1.82, 2.24) is 31.1 Å². The third-order valence-corrected chi connectivity index (χ3v) is 4.23. The first kappa shape index (κ1) is 20.6. The summed E-state index contributed by atoms with van der Waals surface area (Å²) in [4.78, 5) is 36.9. The molecule has 0 bridgehead atoms. The number of amides is 2. The number of benzene rings is 2. The summed E-state index contributed by atoms with van der Waals surface area (Å²) >= 11 is 0. The van der Waals surface area contributed by atoms with Crippen molar-refractivity contribution in [2.24, 2.45) is 0 Å². The molecule has 0 aliphatic carbocycles. The van der Waals surface area contributed by atoms with Crippen LogP contribution in [0.5, 0.6) is 0 Å². The molecule has 3 rings (SSSR count). The molecule has 2 atom stereocenters. The molecule has 10 nitrogen and oxygen atoms in total. The first-order valence-electron chi connectivity index (χ1n) is 9.16. The van der Waals surface area contributed by atoms with Crippen molar-refractivity contribution in [3.63, 3.8) is 0 Å². The van der Waals surface area contributed by atoms with Gasteiger partial charge in [0.15, 0.2) is 12.1 Å². The number of carbonyl (C=O) groups is 3. The van der Waals surface area contributed by atoms with Gasteiger partial charge in [-0.05, 0) is 35.0 Å². The SMILES string of the molecule is C[C@H](OC(=O)[C@H](Cc1ccccc1)n1cnnn1)C(=O)NNC(=O)c1ccccc1. The molecule has 2 N–H and O–H groups in total. The van der Waals surface area contributed by atoms with Crippen molar-refractivity contribution in [3.05, 3.63) is 78.1 Å². The van der Waals surface area contributed by atoms with E-state index in [1.807, 2.05) is 30.3 Å². The highest BCUT2D eigenvalue weighted by Crippen LogP contribution is 2.15. The normalized spacial score (nSPS) is 12.4. The number of hydrazine groups is 1. The Morgan fingerprint density at radius 2 is 1.67 bits per heavy atom. The number of ether oxygens (including phenoxy) is 1. The first-order chi connectivity index (χ1) is 14.5. The molecule has 154 valence electrons. The van der Waals surface area contributed by atoms with Gasteiger partial charge in [-0.25, -0.2) is 9.48 Å². The highest BCUT2D eigenvalue weighted by molar-refractivity contribution is 5.95. The van der Waals surface area contributed by atoms with E-state index < -0.39 is 29.9 Å². The smallest absolute Gasteiger partial charge is 0.332 e. The summed E-state index contributed by atoms with van der Waals surface area (Å²) in [7, 11) is 0. The molecule has 0 unspecified atom stereocenters. The van der Waals surface area contributed by atoms with Crippen molar-refractivity contribution >= 4 is 17.8 Å². The summed E-state index contributed by atoms with van der Waals surface area (Å²) in [6.07, 6.45) is 0.437. The number of tetrazole rings is 1. The molecule has 0 saturated carbocycles. The van der Waals surface area contributed by atoms with Crippen molar-refractivity contribution in [3.8, 4) is 0 Å². The maximum Gasteiger partial charge on any atom is 0.332 e. The standard InChI is InChI=1S/C20H20N6O4/c1-14(18(27)22-23-19(28)16-10-6-3-7-11-16)30-20(29)17(26-13-21-24-25-26)12-15-8-4-2-5-9-15/h2-11,13-14,17H,12H2,1H3,(H,22,27)(H,23,28)/t14-,17-/m0/s1. The fourth-order valence-electron chi connectivity index (χ4n) is 2.62. The topological polar surface area (TPSA) is 128 Å². The lowest BCUT2D eigenvalue weighted by molar-refractivity contribution is -0.158. The van der Waals surface area contributed by atoms with Crippen LogP contribution in [0.25, 0.3) is 0 Å². The lowest BCUT2D eigenvalue weighted by atomic mass is 10.1. The predicted molar refractivity (Wildman–Crippen MR) is 105 cm³/mol. The second-order valence-corrected chi connectivity index (χ2v) is 6.38. The number of nitrogens with zero attached hydrogens (tertiary/aromatic N) is 4. The fourth-order valence-corrected chi connectivity index (χ4v) is 2.62. The van der Waals surface area contributed by atoms with E-state index in [1.165, 1.54) is 17.9 Å². The van der Waals surface area contributed by atoms with Crippen LogP contribution >= 0.6 is 0 Å². The van der Waals surface area contributed by atoms with Gasteiger partial charge in [0.25, 0.3) is 11.8 Å². The van der Waals surface area contributed by atoms with Gasteiger partial charge in [0, 0.05) is 12.0 Å². The molecule has 0 aliphatic rings.